The zero-order valence-electron chi connectivity index (χ0n) is 8.62. The van der Waals surface area contributed by atoms with Crippen molar-refractivity contribution in [1.29, 1.82) is 0 Å². The van der Waals surface area contributed by atoms with E-state index in [4.69, 9.17) is 5.73 Å². The van der Waals surface area contributed by atoms with Crippen LogP contribution in [0.25, 0.3) is 0 Å². The van der Waals surface area contributed by atoms with E-state index in [0.29, 0.717) is 0 Å². The zero-order valence-corrected chi connectivity index (χ0v) is 8.62. The summed E-state index contributed by atoms with van der Waals surface area (Å²) in [6.45, 7) is 1.96. The van der Waals surface area contributed by atoms with Crippen LogP contribution in [0.1, 0.15) is 18.7 Å². The van der Waals surface area contributed by atoms with Crippen molar-refractivity contribution in [2.24, 2.45) is 5.73 Å². The quantitative estimate of drug-likeness (QED) is 0.814. The van der Waals surface area contributed by atoms with Crippen molar-refractivity contribution in [3.05, 3.63) is 48.5 Å². The summed E-state index contributed by atoms with van der Waals surface area (Å²) in [5, 5.41) is 4.21. The Kier molecular flexibility index (Phi) is 2.78. The van der Waals surface area contributed by atoms with Gasteiger partial charge in [-0.05, 0) is 25.1 Å². The molecule has 0 aliphatic rings. The van der Waals surface area contributed by atoms with Crippen molar-refractivity contribution in [3.63, 3.8) is 0 Å². The second-order valence-electron chi connectivity index (χ2n) is 3.54. The third kappa shape index (κ3) is 2.05. The van der Waals surface area contributed by atoms with Crippen LogP contribution < -0.4 is 5.73 Å². The molecule has 0 spiro atoms. The Bertz CT molecular complexity index is 394. The average Bonchev–Trinajstić information content (AvgIpc) is 2.72. The topological polar surface area (TPSA) is 56.7 Å². The Morgan fingerprint density at radius 2 is 2.13 bits per heavy atom. The van der Waals surface area contributed by atoms with Gasteiger partial charge in [-0.3, -0.25) is 9.67 Å². The number of nitrogens with zero attached hydrogens (tertiary/aromatic N) is 3. The molecule has 2 rings (SSSR count). The molecule has 15 heavy (non-hydrogen) atoms. The van der Waals surface area contributed by atoms with Crippen molar-refractivity contribution < 1.29 is 0 Å². The summed E-state index contributed by atoms with van der Waals surface area (Å²) in [5.74, 6) is 0. The van der Waals surface area contributed by atoms with Crippen molar-refractivity contribution in [3.8, 4) is 0 Å². The lowest BCUT2D eigenvalue weighted by Gasteiger charge is -2.20. The van der Waals surface area contributed by atoms with Crippen LogP contribution in [0, 0.1) is 0 Å². The van der Waals surface area contributed by atoms with Crippen LogP contribution in [-0.4, -0.2) is 20.8 Å². The maximum atomic E-state index is 5.96. The molecule has 0 saturated carbocycles. The van der Waals surface area contributed by atoms with Gasteiger partial charge in [0.15, 0.2) is 0 Å². The Labute approximate surface area is 88.8 Å². The number of hydrogen-bond donors (Lipinski definition) is 1. The van der Waals surface area contributed by atoms with Gasteiger partial charge < -0.3 is 5.73 Å². The first-order valence-corrected chi connectivity index (χ1v) is 4.94. The molecule has 0 amide bonds. The fraction of sp³-hybridized carbons (Fsp3) is 0.273. The van der Waals surface area contributed by atoms with Gasteiger partial charge in [0.05, 0.1) is 5.69 Å². The van der Waals surface area contributed by atoms with Crippen LogP contribution in [0.3, 0.4) is 0 Å². The van der Waals surface area contributed by atoms with E-state index >= 15 is 0 Å². The minimum Gasteiger partial charge on any atom is -0.326 e. The molecule has 0 aliphatic carbocycles. The molecular weight excluding hydrogens is 188 g/mol. The second-order valence-corrected chi connectivity index (χ2v) is 3.54. The lowest BCUT2D eigenvalue weighted by atomic mass is 10.1. The van der Waals surface area contributed by atoms with Crippen LogP contribution in [0.15, 0.2) is 42.9 Å². The van der Waals surface area contributed by atoms with Crippen molar-refractivity contribution >= 4 is 0 Å². The van der Waals surface area contributed by atoms with E-state index in [1.54, 1.807) is 12.4 Å². The minimum atomic E-state index is -0.0280. The molecule has 4 heteroatoms. The average molecular weight is 202 g/mol. The Morgan fingerprint density at radius 1 is 1.27 bits per heavy atom. The van der Waals surface area contributed by atoms with E-state index in [2.05, 4.69) is 10.1 Å². The summed E-state index contributed by atoms with van der Waals surface area (Å²) in [7, 11) is 0. The Morgan fingerprint density at radius 3 is 2.67 bits per heavy atom. The molecule has 2 N–H and O–H groups in total. The van der Waals surface area contributed by atoms with E-state index in [-0.39, 0.29) is 12.1 Å². The predicted molar refractivity (Wildman–Crippen MR) is 58.3 cm³/mol. The summed E-state index contributed by atoms with van der Waals surface area (Å²) in [4.78, 5) is 4.32. The van der Waals surface area contributed by atoms with E-state index in [9.17, 15) is 0 Å². The molecule has 78 valence electrons. The van der Waals surface area contributed by atoms with Gasteiger partial charge in [-0.1, -0.05) is 6.07 Å². The highest BCUT2D eigenvalue weighted by Crippen LogP contribution is 2.17. The van der Waals surface area contributed by atoms with Crippen LogP contribution in [0.2, 0.25) is 0 Å². The maximum Gasteiger partial charge on any atom is 0.109 e. The Balaban J connectivity index is 2.37. The molecule has 0 saturated heterocycles. The first kappa shape index (κ1) is 9.86. The summed E-state index contributed by atoms with van der Waals surface area (Å²) >= 11 is 0. The SMILES string of the molecule is CC(N)C(c1ccccn1)n1cccn1. The van der Waals surface area contributed by atoms with Gasteiger partial charge in [-0.25, -0.2) is 0 Å². The maximum absolute atomic E-state index is 5.96. The van der Waals surface area contributed by atoms with E-state index in [1.807, 2.05) is 42.1 Å². The van der Waals surface area contributed by atoms with Gasteiger partial charge in [-0.2, -0.15) is 5.10 Å². The minimum absolute atomic E-state index is 0.00111. The van der Waals surface area contributed by atoms with Crippen molar-refractivity contribution in [1.82, 2.24) is 14.8 Å². The lowest BCUT2D eigenvalue weighted by molar-refractivity contribution is 0.444. The molecule has 2 aromatic rings. The molecule has 0 bridgehead atoms. The summed E-state index contributed by atoms with van der Waals surface area (Å²) in [6.07, 6.45) is 5.43. The summed E-state index contributed by atoms with van der Waals surface area (Å²) in [6, 6.07) is 7.68. The van der Waals surface area contributed by atoms with Gasteiger partial charge in [0.2, 0.25) is 0 Å². The normalized spacial score (nSPS) is 14.8. The highest BCUT2D eigenvalue weighted by molar-refractivity contribution is 5.12. The number of rotatable bonds is 3. The van der Waals surface area contributed by atoms with Crippen LogP contribution in [-0.2, 0) is 0 Å². The molecule has 2 atom stereocenters. The van der Waals surface area contributed by atoms with E-state index < -0.39 is 0 Å². The first-order chi connectivity index (χ1) is 7.29. The highest BCUT2D eigenvalue weighted by atomic mass is 15.3. The zero-order chi connectivity index (χ0) is 10.7. The second kappa shape index (κ2) is 4.23. The smallest absolute Gasteiger partial charge is 0.109 e. The lowest BCUT2D eigenvalue weighted by Crippen LogP contribution is -2.31. The van der Waals surface area contributed by atoms with E-state index in [1.165, 1.54) is 0 Å². The number of hydrogen-bond acceptors (Lipinski definition) is 3. The summed E-state index contributed by atoms with van der Waals surface area (Å²) in [5.41, 5.74) is 6.90. The number of pyridine rings is 1. The summed E-state index contributed by atoms with van der Waals surface area (Å²) < 4.78 is 1.84. The third-order valence-electron chi connectivity index (χ3n) is 2.30. The fourth-order valence-electron chi connectivity index (χ4n) is 1.64. The van der Waals surface area contributed by atoms with Crippen LogP contribution in [0.4, 0.5) is 0 Å². The van der Waals surface area contributed by atoms with Gasteiger partial charge in [-0.15, -0.1) is 0 Å². The van der Waals surface area contributed by atoms with Crippen molar-refractivity contribution in [2.45, 2.75) is 19.0 Å². The molecule has 0 radical (unpaired) electrons. The standard InChI is InChI=1S/C11H14N4/c1-9(12)11(15-8-4-7-14-15)10-5-2-3-6-13-10/h2-9,11H,12H2,1H3. The molecule has 2 aromatic heterocycles. The molecule has 4 nitrogen and oxygen atoms in total. The number of nitrogens with two attached hydrogens (primary N) is 1. The molecule has 0 aromatic carbocycles. The molecule has 0 fully saturated rings. The van der Waals surface area contributed by atoms with Gasteiger partial charge in [0.25, 0.3) is 0 Å². The van der Waals surface area contributed by atoms with Crippen molar-refractivity contribution in [2.75, 3.05) is 0 Å². The molecule has 2 heterocycles. The van der Waals surface area contributed by atoms with Gasteiger partial charge in [0, 0.05) is 24.6 Å². The van der Waals surface area contributed by atoms with Gasteiger partial charge in [0.1, 0.15) is 6.04 Å². The van der Waals surface area contributed by atoms with Gasteiger partial charge >= 0.3 is 0 Å². The predicted octanol–water partition coefficient (Wildman–Crippen LogP) is 1.21. The van der Waals surface area contributed by atoms with Crippen LogP contribution in [0.5, 0.6) is 0 Å². The van der Waals surface area contributed by atoms with E-state index in [0.717, 1.165) is 5.69 Å². The first-order valence-electron chi connectivity index (χ1n) is 4.94. The molecular formula is C11H14N4. The fourth-order valence-corrected chi connectivity index (χ4v) is 1.64. The third-order valence-corrected chi connectivity index (χ3v) is 2.30. The molecule has 0 aliphatic heterocycles. The number of aromatic nitrogens is 3. The largest absolute Gasteiger partial charge is 0.326 e. The van der Waals surface area contributed by atoms with Crippen LogP contribution >= 0.6 is 0 Å². The molecule has 2 unspecified atom stereocenters. The highest BCUT2D eigenvalue weighted by Gasteiger charge is 2.19. The Hall–Kier alpha value is -1.68. The monoisotopic (exact) mass is 202 g/mol.